The maximum atomic E-state index is 13.2. The molecule has 0 aliphatic carbocycles. The number of pyridine rings is 1. The van der Waals surface area contributed by atoms with E-state index in [1.807, 2.05) is 55.5 Å². The summed E-state index contributed by atoms with van der Waals surface area (Å²) in [6.07, 6.45) is 0. The van der Waals surface area contributed by atoms with Gasteiger partial charge in [0.05, 0.1) is 25.7 Å². The molecule has 0 unspecified atom stereocenters. The number of rotatable bonds is 9. The fourth-order valence-electron chi connectivity index (χ4n) is 5.12. The van der Waals surface area contributed by atoms with Crippen molar-refractivity contribution < 1.29 is 14.2 Å². The summed E-state index contributed by atoms with van der Waals surface area (Å²) in [6, 6.07) is 19.9. The van der Waals surface area contributed by atoms with Crippen LogP contribution in [0, 0.1) is 13.8 Å². The average Bonchev–Trinajstić information content (AvgIpc) is 3.59. The Morgan fingerprint density at radius 3 is 2.58 bits per heavy atom. The van der Waals surface area contributed by atoms with E-state index in [1.165, 1.54) is 0 Å². The van der Waals surface area contributed by atoms with Gasteiger partial charge in [0.15, 0.2) is 17.3 Å². The topological polar surface area (TPSA) is 107 Å². The molecule has 0 radical (unpaired) electrons. The number of benzene rings is 3. The van der Waals surface area contributed by atoms with Crippen molar-refractivity contribution in [3.05, 3.63) is 105 Å². The van der Waals surface area contributed by atoms with Gasteiger partial charge >= 0.3 is 0 Å². The third kappa shape index (κ3) is 5.39. The SMILES string of the molecule is COc1ccc(Cn2nnnc2CN(Cc2ccc3c(c2)OCO3)Cc2cc3cc(C)cc(C)c3[nH]c2=O)cc1. The Balaban J connectivity index is 1.30. The highest BCUT2D eigenvalue weighted by molar-refractivity contribution is 5.82. The summed E-state index contributed by atoms with van der Waals surface area (Å²) in [5, 5.41) is 13.5. The molecule has 0 spiro atoms. The largest absolute Gasteiger partial charge is 0.497 e. The first-order valence-corrected chi connectivity index (χ1v) is 13.1. The lowest BCUT2D eigenvalue weighted by molar-refractivity contribution is 0.174. The van der Waals surface area contributed by atoms with Crippen LogP contribution in [0.5, 0.6) is 17.2 Å². The number of H-pyrrole nitrogens is 1. The highest BCUT2D eigenvalue weighted by atomic mass is 16.7. The maximum Gasteiger partial charge on any atom is 0.252 e. The van der Waals surface area contributed by atoms with E-state index in [9.17, 15) is 4.79 Å². The van der Waals surface area contributed by atoms with Crippen molar-refractivity contribution in [1.82, 2.24) is 30.1 Å². The molecule has 5 aromatic rings. The Bertz CT molecular complexity index is 1730. The van der Waals surface area contributed by atoms with Crippen LogP contribution in [0.15, 0.2) is 65.5 Å². The Morgan fingerprint density at radius 1 is 0.950 bits per heavy atom. The van der Waals surface area contributed by atoms with Crippen molar-refractivity contribution in [3.8, 4) is 17.2 Å². The van der Waals surface area contributed by atoms with E-state index in [-0.39, 0.29) is 12.4 Å². The number of nitrogens with one attached hydrogen (secondary N) is 1. The van der Waals surface area contributed by atoms with Crippen LogP contribution in [0.3, 0.4) is 0 Å². The molecule has 3 aromatic carbocycles. The number of aryl methyl sites for hydroxylation is 2. The molecule has 40 heavy (non-hydrogen) atoms. The molecule has 10 nitrogen and oxygen atoms in total. The zero-order chi connectivity index (χ0) is 27.6. The molecule has 1 aliphatic heterocycles. The van der Waals surface area contributed by atoms with Crippen molar-refractivity contribution in [2.24, 2.45) is 0 Å². The summed E-state index contributed by atoms with van der Waals surface area (Å²) >= 11 is 0. The van der Waals surface area contributed by atoms with Gasteiger partial charge in [-0.15, -0.1) is 5.10 Å². The molecule has 0 amide bonds. The third-order valence-electron chi connectivity index (χ3n) is 7.07. The molecule has 0 fully saturated rings. The fourth-order valence-corrected chi connectivity index (χ4v) is 5.12. The highest BCUT2D eigenvalue weighted by Crippen LogP contribution is 2.33. The van der Waals surface area contributed by atoms with E-state index in [0.29, 0.717) is 37.6 Å². The standard InChI is InChI=1S/C30H30N6O4/c1-19-10-20(2)29-23(11-19)13-24(30(37)31-29)16-35(14-22-6-9-26-27(12-22)40-18-39-26)17-28-32-33-34-36(28)15-21-4-7-25(38-3)8-5-21/h4-13H,14-18H2,1-3H3,(H,31,37). The molecular weight excluding hydrogens is 508 g/mol. The first-order chi connectivity index (χ1) is 19.4. The summed E-state index contributed by atoms with van der Waals surface area (Å²) in [5.41, 5.74) is 5.72. The zero-order valence-corrected chi connectivity index (χ0v) is 22.7. The Labute approximate surface area is 231 Å². The van der Waals surface area contributed by atoms with Crippen molar-refractivity contribution >= 4 is 10.9 Å². The Morgan fingerprint density at radius 2 is 1.75 bits per heavy atom. The van der Waals surface area contributed by atoms with Gasteiger partial charge < -0.3 is 19.2 Å². The molecule has 1 aliphatic rings. The third-order valence-corrected chi connectivity index (χ3v) is 7.07. The first-order valence-electron chi connectivity index (χ1n) is 13.1. The zero-order valence-electron chi connectivity index (χ0n) is 22.7. The van der Waals surface area contributed by atoms with Gasteiger partial charge in [-0.2, -0.15) is 0 Å². The molecule has 1 N–H and O–H groups in total. The molecule has 3 heterocycles. The number of aromatic amines is 1. The lowest BCUT2D eigenvalue weighted by Crippen LogP contribution is -2.28. The van der Waals surface area contributed by atoms with E-state index < -0.39 is 0 Å². The van der Waals surface area contributed by atoms with Crippen LogP contribution in [-0.2, 0) is 26.2 Å². The number of ether oxygens (including phenoxy) is 3. The van der Waals surface area contributed by atoms with E-state index in [0.717, 1.165) is 50.4 Å². The minimum atomic E-state index is -0.104. The number of tetrazole rings is 1. The molecule has 0 atom stereocenters. The van der Waals surface area contributed by atoms with Crippen LogP contribution in [0.2, 0.25) is 0 Å². The lowest BCUT2D eigenvalue weighted by Gasteiger charge is -2.22. The smallest absolute Gasteiger partial charge is 0.252 e. The van der Waals surface area contributed by atoms with Gasteiger partial charge in [-0.25, -0.2) is 4.68 Å². The van der Waals surface area contributed by atoms with E-state index in [2.05, 4.69) is 44.5 Å². The molecule has 0 bridgehead atoms. The number of hydrogen-bond donors (Lipinski definition) is 1. The summed E-state index contributed by atoms with van der Waals surface area (Å²) in [5.74, 6) is 2.94. The molecular formula is C30H30N6O4. The summed E-state index contributed by atoms with van der Waals surface area (Å²) < 4.78 is 18.1. The molecule has 10 heteroatoms. The predicted molar refractivity (Wildman–Crippen MR) is 149 cm³/mol. The van der Waals surface area contributed by atoms with Crippen LogP contribution in [0.25, 0.3) is 10.9 Å². The van der Waals surface area contributed by atoms with Crippen LogP contribution in [0.1, 0.15) is 33.6 Å². The lowest BCUT2D eigenvalue weighted by atomic mass is 10.0. The van der Waals surface area contributed by atoms with Crippen molar-refractivity contribution in [3.63, 3.8) is 0 Å². The van der Waals surface area contributed by atoms with Crippen molar-refractivity contribution in [2.75, 3.05) is 13.9 Å². The van der Waals surface area contributed by atoms with Crippen LogP contribution < -0.4 is 19.8 Å². The number of nitrogens with zero attached hydrogens (tertiary/aromatic N) is 5. The minimum absolute atomic E-state index is 0.104. The molecule has 0 saturated carbocycles. The Kier molecular flexibility index (Phi) is 6.91. The van der Waals surface area contributed by atoms with Crippen molar-refractivity contribution in [1.29, 1.82) is 0 Å². The number of hydrogen-bond acceptors (Lipinski definition) is 8. The number of fused-ring (bicyclic) bond motifs is 2. The van der Waals surface area contributed by atoms with Gasteiger partial charge in [-0.1, -0.05) is 29.8 Å². The summed E-state index contributed by atoms with van der Waals surface area (Å²) in [4.78, 5) is 18.5. The maximum absolute atomic E-state index is 13.2. The fraction of sp³-hybridized carbons (Fsp3) is 0.267. The molecule has 0 saturated heterocycles. The average molecular weight is 539 g/mol. The molecule has 204 valence electrons. The van der Waals surface area contributed by atoms with Crippen LogP contribution in [-0.4, -0.2) is 44.0 Å². The second-order valence-electron chi connectivity index (χ2n) is 10.1. The second kappa shape index (κ2) is 10.8. The molecule has 2 aromatic heterocycles. The normalized spacial score (nSPS) is 12.4. The van der Waals surface area contributed by atoms with Gasteiger partial charge in [0.2, 0.25) is 6.79 Å². The molecule has 6 rings (SSSR count). The van der Waals surface area contributed by atoms with Gasteiger partial charge in [0.25, 0.3) is 5.56 Å². The predicted octanol–water partition coefficient (Wildman–Crippen LogP) is 4.12. The second-order valence-corrected chi connectivity index (χ2v) is 10.1. The van der Waals surface area contributed by atoms with Gasteiger partial charge in [0, 0.05) is 18.7 Å². The van der Waals surface area contributed by atoms with E-state index in [1.54, 1.807) is 11.8 Å². The van der Waals surface area contributed by atoms with E-state index >= 15 is 0 Å². The minimum Gasteiger partial charge on any atom is -0.497 e. The van der Waals surface area contributed by atoms with Gasteiger partial charge in [0.1, 0.15) is 5.75 Å². The number of methoxy groups -OCH3 is 1. The van der Waals surface area contributed by atoms with Crippen LogP contribution in [0.4, 0.5) is 0 Å². The van der Waals surface area contributed by atoms with Gasteiger partial charge in [-0.3, -0.25) is 9.69 Å². The summed E-state index contributed by atoms with van der Waals surface area (Å²) in [6.45, 7) is 6.19. The highest BCUT2D eigenvalue weighted by Gasteiger charge is 2.19. The van der Waals surface area contributed by atoms with Crippen molar-refractivity contribution in [2.45, 2.75) is 40.0 Å². The summed E-state index contributed by atoms with van der Waals surface area (Å²) in [7, 11) is 1.64. The van der Waals surface area contributed by atoms with Crippen LogP contribution >= 0.6 is 0 Å². The monoisotopic (exact) mass is 538 g/mol. The Hall–Kier alpha value is -4.70. The first kappa shape index (κ1) is 25.6. The van der Waals surface area contributed by atoms with E-state index in [4.69, 9.17) is 14.2 Å². The van der Waals surface area contributed by atoms with Gasteiger partial charge in [-0.05, 0) is 82.7 Å². The number of aromatic nitrogens is 5. The quantitative estimate of drug-likeness (QED) is 0.299.